The van der Waals surface area contributed by atoms with Crippen LogP contribution in [0, 0.1) is 0 Å². The monoisotopic (exact) mass is 312 g/mol. The van der Waals surface area contributed by atoms with Crippen LogP contribution in [0.4, 0.5) is 5.69 Å². The Morgan fingerprint density at radius 3 is 2.67 bits per heavy atom. The molecule has 1 aromatic rings. The fraction of sp³-hybridized carbons (Fsp3) is 0.462. The van der Waals surface area contributed by atoms with E-state index in [4.69, 9.17) is 9.47 Å². The van der Waals surface area contributed by atoms with Crippen molar-refractivity contribution in [2.24, 2.45) is 0 Å². The zero-order valence-corrected chi connectivity index (χ0v) is 12.2. The highest BCUT2D eigenvalue weighted by molar-refractivity contribution is 7.89. The van der Waals surface area contributed by atoms with Gasteiger partial charge in [0.2, 0.25) is 15.9 Å². The minimum atomic E-state index is -3.58. The molecule has 2 heterocycles. The van der Waals surface area contributed by atoms with E-state index < -0.39 is 10.0 Å². The number of hydrogen-bond acceptors (Lipinski definition) is 5. The van der Waals surface area contributed by atoms with Crippen LogP contribution in [0.3, 0.4) is 0 Å². The van der Waals surface area contributed by atoms with Crippen molar-refractivity contribution in [1.82, 2.24) is 4.31 Å². The van der Waals surface area contributed by atoms with Gasteiger partial charge in [-0.05, 0) is 18.2 Å². The van der Waals surface area contributed by atoms with Gasteiger partial charge in [0, 0.05) is 13.1 Å². The molecule has 114 valence electrons. The molecule has 2 aliphatic heterocycles. The second-order valence-corrected chi connectivity index (χ2v) is 6.76. The van der Waals surface area contributed by atoms with Crippen molar-refractivity contribution in [3.63, 3.8) is 0 Å². The van der Waals surface area contributed by atoms with Crippen LogP contribution in [0.25, 0.3) is 0 Å². The fourth-order valence-electron chi connectivity index (χ4n) is 2.30. The maximum atomic E-state index is 12.6. The molecule has 0 saturated carbocycles. The van der Waals surface area contributed by atoms with Gasteiger partial charge in [-0.15, -0.1) is 0 Å². The zero-order chi connectivity index (χ0) is 14.9. The number of nitrogens with one attached hydrogen (secondary N) is 1. The van der Waals surface area contributed by atoms with E-state index in [-0.39, 0.29) is 23.8 Å². The van der Waals surface area contributed by atoms with E-state index >= 15 is 0 Å². The maximum absolute atomic E-state index is 12.6. The summed E-state index contributed by atoms with van der Waals surface area (Å²) in [5, 5.41) is 2.67. The lowest BCUT2D eigenvalue weighted by Gasteiger charge is -2.26. The first-order chi connectivity index (χ1) is 10.1. The molecule has 0 aliphatic carbocycles. The summed E-state index contributed by atoms with van der Waals surface area (Å²) in [5.41, 5.74) is 0.395. The molecular weight excluding hydrogens is 296 g/mol. The molecule has 0 atom stereocenters. The van der Waals surface area contributed by atoms with Crippen molar-refractivity contribution in [2.75, 3.05) is 38.2 Å². The highest BCUT2D eigenvalue weighted by Crippen LogP contribution is 2.31. The van der Waals surface area contributed by atoms with Gasteiger partial charge in [-0.1, -0.05) is 0 Å². The highest BCUT2D eigenvalue weighted by atomic mass is 32.2. The van der Waals surface area contributed by atoms with Gasteiger partial charge in [-0.3, -0.25) is 4.79 Å². The number of rotatable bonds is 2. The van der Waals surface area contributed by atoms with Crippen molar-refractivity contribution in [3.8, 4) is 5.75 Å². The van der Waals surface area contributed by atoms with Gasteiger partial charge in [0.15, 0.2) is 0 Å². The Kier molecular flexibility index (Phi) is 3.83. The van der Waals surface area contributed by atoms with Crippen molar-refractivity contribution in [2.45, 2.75) is 11.3 Å². The third-order valence-electron chi connectivity index (χ3n) is 3.42. The molecule has 0 unspecified atom stereocenters. The summed E-state index contributed by atoms with van der Waals surface area (Å²) < 4.78 is 37.1. The molecule has 3 rings (SSSR count). The van der Waals surface area contributed by atoms with Gasteiger partial charge in [-0.2, -0.15) is 4.31 Å². The first kappa shape index (κ1) is 14.3. The van der Waals surface area contributed by atoms with E-state index in [1.165, 1.54) is 16.4 Å². The molecule has 1 saturated heterocycles. The number of fused-ring (bicyclic) bond motifs is 1. The van der Waals surface area contributed by atoms with Crippen molar-refractivity contribution in [1.29, 1.82) is 0 Å². The number of sulfonamides is 1. The van der Waals surface area contributed by atoms with Crippen LogP contribution < -0.4 is 10.1 Å². The summed E-state index contributed by atoms with van der Waals surface area (Å²) in [6, 6.07) is 4.53. The summed E-state index contributed by atoms with van der Waals surface area (Å²) in [4.78, 5) is 11.7. The van der Waals surface area contributed by atoms with Gasteiger partial charge in [0.1, 0.15) is 5.75 Å². The van der Waals surface area contributed by atoms with E-state index in [0.717, 1.165) is 0 Å². The largest absolute Gasteiger partial charge is 0.491 e. The Hall–Kier alpha value is -1.64. The van der Waals surface area contributed by atoms with E-state index in [1.54, 1.807) is 6.07 Å². The maximum Gasteiger partial charge on any atom is 0.243 e. The van der Waals surface area contributed by atoms with Crippen molar-refractivity contribution >= 4 is 21.6 Å². The summed E-state index contributed by atoms with van der Waals surface area (Å²) >= 11 is 0. The van der Waals surface area contributed by atoms with Crippen LogP contribution in [0.2, 0.25) is 0 Å². The van der Waals surface area contributed by atoms with Crippen LogP contribution in [0.5, 0.6) is 5.75 Å². The van der Waals surface area contributed by atoms with Crippen LogP contribution >= 0.6 is 0 Å². The Morgan fingerprint density at radius 2 is 1.90 bits per heavy atom. The van der Waals surface area contributed by atoms with Crippen LogP contribution in [0.15, 0.2) is 23.1 Å². The number of morpholine rings is 1. The second kappa shape index (κ2) is 5.63. The smallest absolute Gasteiger partial charge is 0.243 e. The molecule has 0 aromatic heterocycles. The van der Waals surface area contributed by atoms with E-state index in [1.807, 2.05) is 0 Å². The summed E-state index contributed by atoms with van der Waals surface area (Å²) in [6.07, 6.45) is 0.250. The molecule has 1 amide bonds. The number of carbonyl (C=O) groups is 1. The van der Waals surface area contributed by atoms with Crippen LogP contribution in [-0.4, -0.2) is 51.5 Å². The van der Waals surface area contributed by atoms with Crippen LogP contribution in [-0.2, 0) is 19.6 Å². The zero-order valence-electron chi connectivity index (χ0n) is 11.4. The van der Waals surface area contributed by atoms with Crippen molar-refractivity contribution in [3.05, 3.63) is 18.2 Å². The lowest BCUT2D eigenvalue weighted by Crippen LogP contribution is -2.40. The molecule has 21 heavy (non-hydrogen) atoms. The number of amides is 1. The Balaban J connectivity index is 1.94. The Morgan fingerprint density at radius 1 is 1.14 bits per heavy atom. The first-order valence-electron chi connectivity index (χ1n) is 6.72. The average Bonchev–Trinajstić information content (AvgIpc) is 2.68. The predicted octanol–water partition coefficient (Wildman–Crippen LogP) is 0.428. The standard InChI is InChI=1S/C13H16N2O5S/c16-13-3-6-20-12-2-1-10(9-11(12)14-13)21(17,18)15-4-7-19-8-5-15/h1-2,9H,3-8H2,(H,14,16). The molecular formula is C13H16N2O5S. The molecule has 1 N–H and O–H groups in total. The van der Waals surface area contributed by atoms with Gasteiger partial charge >= 0.3 is 0 Å². The number of anilines is 1. The van der Waals surface area contributed by atoms with Crippen LogP contribution in [0.1, 0.15) is 6.42 Å². The quantitative estimate of drug-likeness (QED) is 0.856. The summed E-state index contributed by atoms with van der Waals surface area (Å²) in [6.45, 7) is 1.74. The molecule has 8 heteroatoms. The van der Waals surface area contributed by atoms with E-state index in [9.17, 15) is 13.2 Å². The lowest BCUT2D eigenvalue weighted by molar-refractivity contribution is -0.116. The molecule has 0 bridgehead atoms. The van der Waals surface area contributed by atoms with Gasteiger partial charge < -0.3 is 14.8 Å². The Labute approximate surface area is 122 Å². The third-order valence-corrected chi connectivity index (χ3v) is 5.31. The van der Waals surface area contributed by atoms with Gasteiger partial charge in [-0.25, -0.2) is 8.42 Å². The van der Waals surface area contributed by atoms with Gasteiger partial charge in [0.25, 0.3) is 0 Å². The number of benzene rings is 1. The average molecular weight is 312 g/mol. The molecule has 2 aliphatic rings. The number of nitrogens with zero attached hydrogens (tertiary/aromatic N) is 1. The minimum Gasteiger partial charge on any atom is -0.491 e. The summed E-state index contributed by atoms with van der Waals surface area (Å²) in [5.74, 6) is 0.302. The lowest BCUT2D eigenvalue weighted by atomic mass is 10.3. The molecule has 1 fully saturated rings. The molecule has 1 aromatic carbocycles. The van der Waals surface area contributed by atoms with E-state index in [2.05, 4.69) is 5.32 Å². The number of ether oxygens (including phenoxy) is 2. The van der Waals surface area contributed by atoms with Crippen molar-refractivity contribution < 1.29 is 22.7 Å². The van der Waals surface area contributed by atoms with Gasteiger partial charge in [0.05, 0.1) is 36.8 Å². The third kappa shape index (κ3) is 2.87. The van der Waals surface area contributed by atoms with E-state index in [0.29, 0.717) is 37.7 Å². The molecule has 7 nitrogen and oxygen atoms in total. The topological polar surface area (TPSA) is 84.9 Å². The fourth-order valence-corrected chi connectivity index (χ4v) is 3.73. The second-order valence-electron chi connectivity index (χ2n) is 4.82. The first-order valence-corrected chi connectivity index (χ1v) is 8.16. The Bertz CT molecular complexity index is 653. The minimum absolute atomic E-state index is 0.147. The predicted molar refractivity (Wildman–Crippen MR) is 74.8 cm³/mol. The highest BCUT2D eigenvalue weighted by Gasteiger charge is 2.27. The summed E-state index contributed by atoms with van der Waals surface area (Å²) in [7, 11) is -3.58. The molecule has 0 spiro atoms. The molecule has 0 radical (unpaired) electrons. The number of hydrogen-bond donors (Lipinski definition) is 1. The number of carbonyl (C=O) groups excluding carboxylic acids is 1. The SMILES string of the molecule is O=C1CCOc2ccc(S(=O)(=O)N3CCOCC3)cc2N1. The normalized spacial score (nSPS) is 20.1.